The largest absolute Gasteiger partial charge is 0.454 e. The minimum absolute atomic E-state index is 0.0731. The molecule has 3 aliphatic rings. The van der Waals surface area contributed by atoms with Crippen LogP contribution in [0.3, 0.4) is 0 Å². The fourth-order valence-electron chi connectivity index (χ4n) is 4.92. The number of anilines is 1. The Bertz CT molecular complexity index is 1450. The molecule has 0 radical (unpaired) electrons. The predicted molar refractivity (Wildman–Crippen MR) is 136 cm³/mol. The van der Waals surface area contributed by atoms with Crippen LogP contribution in [-0.4, -0.2) is 56.7 Å². The van der Waals surface area contributed by atoms with Crippen molar-refractivity contribution in [2.24, 2.45) is 0 Å². The maximum Gasteiger partial charge on any atom is 0.243 e. The van der Waals surface area contributed by atoms with E-state index in [-0.39, 0.29) is 23.7 Å². The van der Waals surface area contributed by atoms with Crippen LogP contribution in [0, 0.1) is 0 Å². The zero-order chi connectivity index (χ0) is 25.6. The zero-order valence-corrected chi connectivity index (χ0v) is 21.2. The summed E-state index contributed by atoms with van der Waals surface area (Å²) in [6.45, 7) is 0.991. The molecular formula is C27H27N3O6S. The van der Waals surface area contributed by atoms with E-state index in [9.17, 15) is 13.2 Å². The highest BCUT2D eigenvalue weighted by Gasteiger charge is 2.51. The van der Waals surface area contributed by atoms with Crippen molar-refractivity contribution in [3.8, 4) is 22.8 Å². The Balaban J connectivity index is 1.18. The summed E-state index contributed by atoms with van der Waals surface area (Å²) in [5, 5.41) is 2.97. The number of carbonyl (C=O) groups is 1. The fraction of sp³-hybridized carbons (Fsp3) is 0.333. The van der Waals surface area contributed by atoms with Crippen LogP contribution in [0.15, 0.2) is 65.6 Å². The van der Waals surface area contributed by atoms with Gasteiger partial charge >= 0.3 is 0 Å². The molecule has 1 saturated heterocycles. The average molecular weight is 522 g/mol. The third-order valence-corrected chi connectivity index (χ3v) is 9.21. The van der Waals surface area contributed by atoms with Crippen LogP contribution in [0.2, 0.25) is 0 Å². The highest BCUT2D eigenvalue weighted by molar-refractivity contribution is 7.89. The number of hydrogen-bond acceptors (Lipinski definition) is 7. The first kappa shape index (κ1) is 23.9. The van der Waals surface area contributed by atoms with Crippen molar-refractivity contribution in [1.29, 1.82) is 0 Å². The SMILES string of the molecule is COC1CCN(S(=O)(=O)c2ccc(-c3cccc(NC(=O)C4(c5ccc6c(c5)OCO6)CC4)n3)cc2)C1. The quantitative estimate of drug-likeness (QED) is 0.507. The monoisotopic (exact) mass is 521 g/mol. The zero-order valence-electron chi connectivity index (χ0n) is 20.3. The van der Waals surface area contributed by atoms with Gasteiger partial charge in [-0.1, -0.05) is 24.3 Å². The van der Waals surface area contributed by atoms with Gasteiger partial charge in [-0.25, -0.2) is 13.4 Å². The lowest BCUT2D eigenvalue weighted by atomic mass is 9.94. The van der Waals surface area contributed by atoms with Gasteiger partial charge in [-0.3, -0.25) is 4.79 Å². The van der Waals surface area contributed by atoms with E-state index in [1.165, 1.54) is 4.31 Å². The second-order valence-corrected chi connectivity index (χ2v) is 11.5. The molecule has 2 aliphatic heterocycles. The van der Waals surface area contributed by atoms with Crippen molar-refractivity contribution < 1.29 is 27.4 Å². The molecular weight excluding hydrogens is 494 g/mol. The normalized spacial score (nSPS) is 20.1. The lowest BCUT2D eigenvalue weighted by molar-refractivity contribution is -0.118. The number of sulfonamides is 1. The lowest BCUT2D eigenvalue weighted by Crippen LogP contribution is -2.30. The Morgan fingerprint density at radius 2 is 1.86 bits per heavy atom. The van der Waals surface area contributed by atoms with E-state index in [4.69, 9.17) is 14.2 Å². The number of ether oxygens (including phenoxy) is 3. The minimum atomic E-state index is -3.59. The van der Waals surface area contributed by atoms with Crippen LogP contribution in [0.5, 0.6) is 11.5 Å². The topological polar surface area (TPSA) is 107 Å². The number of pyridine rings is 1. The van der Waals surface area contributed by atoms with Gasteiger partial charge in [-0.2, -0.15) is 4.31 Å². The van der Waals surface area contributed by atoms with E-state index in [1.54, 1.807) is 37.4 Å². The van der Waals surface area contributed by atoms with Gasteiger partial charge in [0.15, 0.2) is 11.5 Å². The molecule has 2 fully saturated rings. The van der Waals surface area contributed by atoms with Crippen molar-refractivity contribution in [1.82, 2.24) is 9.29 Å². The molecule has 0 spiro atoms. The Morgan fingerprint density at radius 3 is 2.59 bits per heavy atom. The van der Waals surface area contributed by atoms with Gasteiger partial charge in [0.1, 0.15) is 5.82 Å². The van der Waals surface area contributed by atoms with Gasteiger partial charge in [0.05, 0.1) is 22.1 Å². The molecule has 2 aromatic carbocycles. The van der Waals surface area contributed by atoms with E-state index >= 15 is 0 Å². The van der Waals surface area contributed by atoms with Gasteiger partial charge in [-0.15, -0.1) is 0 Å². The summed E-state index contributed by atoms with van der Waals surface area (Å²) in [4.78, 5) is 18.1. The molecule has 1 unspecified atom stereocenters. The fourth-order valence-corrected chi connectivity index (χ4v) is 6.41. The first-order valence-corrected chi connectivity index (χ1v) is 13.7. The molecule has 6 rings (SSSR count). The Labute approximate surface area is 215 Å². The lowest BCUT2D eigenvalue weighted by Gasteiger charge is -2.17. The molecule has 1 atom stereocenters. The van der Waals surface area contributed by atoms with E-state index < -0.39 is 15.4 Å². The van der Waals surface area contributed by atoms with Crippen LogP contribution in [0.1, 0.15) is 24.8 Å². The molecule has 10 heteroatoms. The van der Waals surface area contributed by atoms with Crippen molar-refractivity contribution >= 4 is 21.7 Å². The number of rotatable bonds is 7. The van der Waals surface area contributed by atoms with E-state index in [2.05, 4.69) is 10.3 Å². The molecule has 1 aliphatic carbocycles. The van der Waals surface area contributed by atoms with Crippen LogP contribution < -0.4 is 14.8 Å². The second-order valence-electron chi connectivity index (χ2n) is 9.55. The smallest absolute Gasteiger partial charge is 0.243 e. The van der Waals surface area contributed by atoms with Crippen LogP contribution in [0.4, 0.5) is 5.82 Å². The van der Waals surface area contributed by atoms with E-state index in [0.717, 1.165) is 24.0 Å². The molecule has 9 nitrogen and oxygen atoms in total. The number of benzene rings is 2. The van der Waals surface area contributed by atoms with Gasteiger partial charge < -0.3 is 19.5 Å². The standard InChI is InChI=1S/C27H27N3O6S/c1-34-20-11-14-30(16-20)37(32,33)21-8-5-18(6-9-21)22-3-2-4-25(28-22)29-26(31)27(12-13-27)19-7-10-23-24(15-19)36-17-35-23/h2-10,15,20H,11-14,16-17H2,1H3,(H,28,29,31). The number of fused-ring (bicyclic) bond motifs is 1. The molecule has 1 saturated carbocycles. The molecule has 3 aromatic rings. The number of carbonyl (C=O) groups excluding carboxylic acids is 1. The van der Waals surface area contributed by atoms with Crippen molar-refractivity contribution in [3.05, 3.63) is 66.2 Å². The van der Waals surface area contributed by atoms with Crippen LogP contribution in [0.25, 0.3) is 11.3 Å². The van der Waals surface area contributed by atoms with Crippen LogP contribution in [-0.2, 0) is 25.0 Å². The third-order valence-electron chi connectivity index (χ3n) is 7.33. The summed E-state index contributed by atoms with van der Waals surface area (Å²) in [5.41, 5.74) is 1.68. The number of nitrogens with one attached hydrogen (secondary N) is 1. The highest BCUT2D eigenvalue weighted by atomic mass is 32.2. The molecule has 1 aromatic heterocycles. The van der Waals surface area contributed by atoms with Gasteiger partial charge in [-0.05, 0) is 61.2 Å². The minimum Gasteiger partial charge on any atom is -0.454 e. The third kappa shape index (κ3) is 4.35. The summed E-state index contributed by atoms with van der Waals surface area (Å²) < 4.78 is 43.6. The molecule has 0 bridgehead atoms. The Morgan fingerprint density at radius 1 is 1.08 bits per heavy atom. The predicted octanol–water partition coefficient (Wildman–Crippen LogP) is 3.56. The number of amides is 1. The first-order chi connectivity index (χ1) is 17.9. The molecule has 192 valence electrons. The van der Waals surface area contributed by atoms with E-state index in [1.807, 2.05) is 30.3 Å². The molecule has 1 N–H and O–H groups in total. The molecule has 37 heavy (non-hydrogen) atoms. The maximum absolute atomic E-state index is 13.3. The summed E-state index contributed by atoms with van der Waals surface area (Å²) in [5.74, 6) is 1.67. The van der Waals surface area contributed by atoms with Gasteiger partial charge in [0, 0.05) is 25.8 Å². The number of nitrogens with zero attached hydrogens (tertiary/aromatic N) is 2. The van der Waals surface area contributed by atoms with Crippen molar-refractivity contribution in [3.63, 3.8) is 0 Å². The number of methoxy groups -OCH3 is 1. The summed E-state index contributed by atoms with van der Waals surface area (Å²) in [6.07, 6.45) is 2.11. The number of hydrogen-bond donors (Lipinski definition) is 1. The maximum atomic E-state index is 13.3. The second kappa shape index (κ2) is 9.13. The highest BCUT2D eigenvalue weighted by Crippen LogP contribution is 2.51. The van der Waals surface area contributed by atoms with E-state index in [0.29, 0.717) is 42.5 Å². The summed E-state index contributed by atoms with van der Waals surface area (Å²) in [7, 11) is -1.99. The Hall–Kier alpha value is -3.47. The summed E-state index contributed by atoms with van der Waals surface area (Å²) >= 11 is 0. The van der Waals surface area contributed by atoms with Gasteiger partial charge in [0.2, 0.25) is 22.7 Å². The summed E-state index contributed by atoms with van der Waals surface area (Å²) in [6, 6.07) is 17.7. The molecule has 3 heterocycles. The van der Waals surface area contributed by atoms with Crippen molar-refractivity contribution in [2.75, 3.05) is 32.3 Å². The first-order valence-electron chi connectivity index (χ1n) is 12.2. The number of aromatic nitrogens is 1. The molecule has 1 amide bonds. The van der Waals surface area contributed by atoms with Crippen LogP contribution >= 0.6 is 0 Å². The van der Waals surface area contributed by atoms with Crippen molar-refractivity contribution in [2.45, 2.75) is 35.7 Å². The average Bonchev–Trinajstić information content (AvgIpc) is 3.34. The van der Waals surface area contributed by atoms with Gasteiger partial charge in [0.25, 0.3) is 0 Å². The Kier molecular flexibility index (Phi) is 5.89.